The molecule has 1 aliphatic heterocycles. The number of rotatable bonds is 5. The molecule has 7 nitrogen and oxygen atoms in total. The summed E-state index contributed by atoms with van der Waals surface area (Å²) in [5, 5.41) is 15.2. The summed E-state index contributed by atoms with van der Waals surface area (Å²) < 4.78 is 5.26. The van der Waals surface area contributed by atoms with Crippen molar-refractivity contribution in [3.63, 3.8) is 0 Å². The summed E-state index contributed by atoms with van der Waals surface area (Å²) in [4.78, 5) is 36.3. The molecule has 1 aliphatic rings. The highest BCUT2D eigenvalue weighted by atomic mass is 32.1. The fourth-order valence-corrected chi connectivity index (χ4v) is 2.86. The minimum Gasteiger partial charge on any atom is -0.479 e. The maximum absolute atomic E-state index is 12.1. The van der Waals surface area contributed by atoms with Crippen molar-refractivity contribution in [3.05, 3.63) is 22.4 Å². The van der Waals surface area contributed by atoms with E-state index < -0.39 is 12.1 Å². The van der Waals surface area contributed by atoms with Crippen molar-refractivity contribution in [2.24, 2.45) is 0 Å². The van der Waals surface area contributed by atoms with Gasteiger partial charge in [-0.05, 0) is 18.4 Å². The Morgan fingerprint density at radius 1 is 1.45 bits per heavy atom. The zero-order valence-electron chi connectivity index (χ0n) is 12.2. The van der Waals surface area contributed by atoms with Gasteiger partial charge in [0.2, 0.25) is 5.91 Å². The normalized spacial score (nSPS) is 21.4. The Bertz CT molecular complexity index is 545. The summed E-state index contributed by atoms with van der Waals surface area (Å²) >= 11 is 1.43. The molecule has 22 heavy (non-hydrogen) atoms. The van der Waals surface area contributed by atoms with Gasteiger partial charge in [-0.1, -0.05) is 0 Å². The Hall–Kier alpha value is -1.93. The molecule has 0 spiro atoms. The average Bonchev–Trinajstić information content (AvgIpc) is 3.00. The lowest BCUT2D eigenvalue weighted by Crippen LogP contribution is -2.52. The third-order valence-corrected chi connectivity index (χ3v) is 3.98. The molecule has 0 saturated carbocycles. The topological polar surface area (TPSA) is 95.9 Å². The van der Waals surface area contributed by atoms with E-state index in [-0.39, 0.29) is 37.4 Å². The van der Waals surface area contributed by atoms with E-state index in [1.165, 1.54) is 16.2 Å². The molecule has 1 fully saturated rings. The number of carboxylic acids is 1. The molecule has 8 heteroatoms. The summed E-state index contributed by atoms with van der Waals surface area (Å²) in [6.45, 7) is 2.35. The van der Waals surface area contributed by atoms with Crippen molar-refractivity contribution in [2.45, 2.75) is 25.6 Å². The number of carbonyl (C=O) groups is 3. The lowest BCUT2D eigenvalue weighted by Gasteiger charge is -2.35. The number of thiophene rings is 1. The van der Waals surface area contributed by atoms with Crippen LogP contribution in [-0.4, -0.2) is 59.6 Å². The molecular weight excluding hydrogens is 308 g/mol. The number of aliphatic carboxylic acids is 1. The highest BCUT2D eigenvalue weighted by Crippen LogP contribution is 2.12. The van der Waals surface area contributed by atoms with Crippen molar-refractivity contribution in [1.82, 2.24) is 10.2 Å². The summed E-state index contributed by atoms with van der Waals surface area (Å²) in [6.07, 6.45) is -1.18. The first-order chi connectivity index (χ1) is 10.5. The summed E-state index contributed by atoms with van der Waals surface area (Å²) in [5.41, 5.74) is 0.573. The third kappa shape index (κ3) is 4.28. The van der Waals surface area contributed by atoms with E-state index in [1.807, 2.05) is 0 Å². The van der Waals surface area contributed by atoms with Crippen molar-refractivity contribution >= 4 is 29.1 Å². The van der Waals surface area contributed by atoms with Crippen LogP contribution in [0.3, 0.4) is 0 Å². The standard InChI is InChI=1S/C14H18N2O5S/c1-9-6-16(7-11(21-9)14(19)20)12(17)2-4-15-13(18)10-3-5-22-8-10/h3,5,8-9,11H,2,4,6-7H2,1H3,(H,15,18)(H,19,20)/t9-,11?/m1/s1. The zero-order valence-corrected chi connectivity index (χ0v) is 13.0. The quantitative estimate of drug-likeness (QED) is 0.825. The van der Waals surface area contributed by atoms with Crippen LogP contribution in [0.15, 0.2) is 16.8 Å². The predicted molar refractivity (Wildman–Crippen MR) is 79.8 cm³/mol. The summed E-state index contributed by atoms with van der Waals surface area (Å²) in [5.74, 6) is -1.48. The van der Waals surface area contributed by atoms with Gasteiger partial charge >= 0.3 is 5.97 Å². The Labute approximate surface area is 131 Å². The van der Waals surface area contributed by atoms with Gasteiger partial charge in [-0.15, -0.1) is 0 Å². The second kappa shape index (κ2) is 7.37. The monoisotopic (exact) mass is 326 g/mol. The van der Waals surface area contributed by atoms with E-state index in [4.69, 9.17) is 9.84 Å². The number of amides is 2. The van der Waals surface area contributed by atoms with E-state index >= 15 is 0 Å². The van der Waals surface area contributed by atoms with Crippen LogP contribution < -0.4 is 5.32 Å². The van der Waals surface area contributed by atoms with E-state index in [1.54, 1.807) is 23.8 Å². The smallest absolute Gasteiger partial charge is 0.334 e. The minimum absolute atomic E-state index is 0.0387. The Balaban J connectivity index is 1.79. The molecule has 2 N–H and O–H groups in total. The van der Waals surface area contributed by atoms with Crippen LogP contribution >= 0.6 is 11.3 Å². The van der Waals surface area contributed by atoms with Crippen LogP contribution in [0.25, 0.3) is 0 Å². The van der Waals surface area contributed by atoms with Crippen LogP contribution in [0.2, 0.25) is 0 Å². The van der Waals surface area contributed by atoms with Crippen molar-refractivity contribution in [3.8, 4) is 0 Å². The van der Waals surface area contributed by atoms with Gasteiger partial charge in [-0.2, -0.15) is 11.3 Å². The molecule has 2 amide bonds. The largest absolute Gasteiger partial charge is 0.479 e. The minimum atomic E-state index is -1.07. The molecule has 2 atom stereocenters. The second-order valence-corrected chi connectivity index (χ2v) is 5.87. The van der Waals surface area contributed by atoms with Gasteiger partial charge in [0, 0.05) is 30.5 Å². The maximum atomic E-state index is 12.1. The zero-order chi connectivity index (χ0) is 16.1. The highest BCUT2D eigenvalue weighted by Gasteiger charge is 2.32. The van der Waals surface area contributed by atoms with E-state index in [9.17, 15) is 14.4 Å². The molecule has 120 valence electrons. The predicted octanol–water partition coefficient (Wildman–Crippen LogP) is 0.568. The van der Waals surface area contributed by atoms with Gasteiger partial charge in [0.15, 0.2) is 6.10 Å². The number of carbonyl (C=O) groups excluding carboxylic acids is 2. The van der Waals surface area contributed by atoms with Gasteiger partial charge in [0.25, 0.3) is 5.91 Å². The third-order valence-electron chi connectivity index (χ3n) is 3.30. The number of ether oxygens (including phenoxy) is 1. The van der Waals surface area contributed by atoms with Crippen LogP contribution in [0.5, 0.6) is 0 Å². The van der Waals surface area contributed by atoms with Gasteiger partial charge in [-0.3, -0.25) is 9.59 Å². The fraction of sp³-hybridized carbons (Fsp3) is 0.500. The van der Waals surface area contributed by atoms with E-state index in [0.29, 0.717) is 12.1 Å². The van der Waals surface area contributed by atoms with E-state index in [2.05, 4.69) is 5.32 Å². The highest BCUT2D eigenvalue weighted by molar-refractivity contribution is 7.08. The molecule has 2 heterocycles. The Kier molecular flexibility index (Phi) is 5.51. The Morgan fingerprint density at radius 2 is 2.23 bits per heavy atom. The molecule has 1 saturated heterocycles. The van der Waals surface area contributed by atoms with Crippen LogP contribution in [0.4, 0.5) is 0 Å². The van der Waals surface area contributed by atoms with Gasteiger partial charge in [0.1, 0.15) is 0 Å². The number of nitrogens with one attached hydrogen (secondary N) is 1. The van der Waals surface area contributed by atoms with Crippen LogP contribution in [0.1, 0.15) is 23.7 Å². The lowest BCUT2D eigenvalue weighted by molar-refractivity contribution is -0.166. The fourth-order valence-electron chi connectivity index (χ4n) is 2.23. The molecule has 2 rings (SSSR count). The number of hydrogen-bond donors (Lipinski definition) is 2. The Morgan fingerprint density at radius 3 is 2.86 bits per heavy atom. The second-order valence-electron chi connectivity index (χ2n) is 5.09. The van der Waals surface area contributed by atoms with Gasteiger partial charge in [-0.25, -0.2) is 4.79 Å². The maximum Gasteiger partial charge on any atom is 0.334 e. The summed E-state index contributed by atoms with van der Waals surface area (Å²) in [6, 6.07) is 1.71. The molecule has 1 aromatic heterocycles. The van der Waals surface area contributed by atoms with Crippen molar-refractivity contribution in [2.75, 3.05) is 19.6 Å². The van der Waals surface area contributed by atoms with Crippen molar-refractivity contribution < 1.29 is 24.2 Å². The lowest BCUT2D eigenvalue weighted by atomic mass is 10.2. The first-order valence-corrected chi connectivity index (χ1v) is 7.88. The number of carboxylic acid groups (broad SMARTS) is 1. The number of hydrogen-bond acceptors (Lipinski definition) is 5. The first kappa shape index (κ1) is 16.4. The molecule has 0 aliphatic carbocycles. The molecule has 1 aromatic rings. The van der Waals surface area contributed by atoms with Gasteiger partial charge < -0.3 is 20.1 Å². The molecular formula is C14H18N2O5S. The first-order valence-electron chi connectivity index (χ1n) is 6.94. The average molecular weight is 326 g/mol. The number of nitrogens with zero attached hydrogens (tertiary/aromatic N) is 1. The SMILES string of the molecule is C[C@@H]1CN(C(=O)CCNC(=O)c2ccsc2)CC(C(=O)O)O1. The molecule has 1 unspecified atom stereocenters. The molecule has 0 radical (unpaired) electrons. The molecule has 0 aromatic carbocycles. The van der Waals surface area contributed by atoms with Crippen molar-refractivity contribution in [1.29, 1.82) is 0 Å². The van der Waals surface area contributed by atoms with E-state index in [0.717, 1.165) is 0 Å². The van der Waals surface area contributed by atoms with Crippen LogP contribution in [0, 0.1) is 0 Å². The van der Waals surface area contributed by atoms with Crippen LogP contribution in [-0.2, 0) is 14.3 Å². The molecule has 0 bridgehead atoms. The summed E-state index contributed by atoms with van der Waals surface area (Å²) in [7, 11) is 0. The number of morpholine rings is 1. The van der Waals surface area contributed by atoms with Gasteiger partial charge in [0.05, 0.1) is 12.6 Å².